The smallest absolute Gasteiger partial charge is 0.326 e. The largest absolute Gasteiger partial charge is 0.508 e. The molecule has 3 fully saturated rings. The lowest BCUT2D eigenvalue weighted by molar-refractivity contribution is -0.203. The van der Waals surface area contributed by atoms with E-state index in [1.165, 1.54) is 43.0 Å². The Morgan fingerprint density at radius 3 is 1.76 bits per heavy atom. The zero-order valence-electron chi connectivity index (χ0n) is 47.4. The number of amides is 10. The number of carbonyl (C=O) groups excluding carboxylic acids is 10. The Hall–Kier alpha value is -7.83. The van der Waals surface area contributed by atoms with E-state index in [0.29, 0.717) is 12.0 Å². The van der Waals surface area contributed by atoms with Crippen molar-refractivity contribution in [2.45, 2.75) is 171 Å². The number of aromatic hydroxyl groups is 1. The molecule has 0 aromatic heterocycles. The van der Waals surface area contributed by atoms with Crippen LogP contribution in [0.4, 0.5) is 0 Å². The summed E-state index contributed by atoms with van der Waals surface area (Å²) in [6, 6.07) is 0.192. The molecule has 0 radical (unpaired) electrons. The van der Waals surface area contributed by atoms with Crippen LogP contribution in [0.2, 0.25) is 0 Å². The first-order chi connectivity index (χ1) is 39.7. The average molecular weight is 1180 g/mol. The molecule has 14 atom stereocenters. The molecule has 84 heavy (non-hydrogen) atoms. The third-order valence-electron chi connectivity index (χ3n) is 14.5. The Morgan fingerprint density at radius 2 is 1.19 bits per heavy atom. The Labute approximate surface area is 484 Å². The van der Waals surface area contributed by atoms with Crippen LogP contribution >= 0.6 is 0 Å². The lowest BCUT2D eigenvalue weighted by Crippen LogP contribution is -2.68. The van der Waals surface area contributed by atoms with Crippen molar-refractivity contribution in [3.63, 3.8) is 0 Å². The lowest BCUT2D eigenvalue weighted by atomic mass is 9.95. The summed E-state index contributed by atoms with van der Waals surface area (Å²) in [5.74, 6) is -10.6. The Kier molecular flexibility index (Phi) is 24.9. The molecule has 0 bridgehead atoms. The number of carboxylic acids is 1. The van der Waals surface area contributed by atoms with Gasteiger partial charge in [-0.25, -0.2) is 4.79 Å². The van der Waals surface area contributed by atoms with Crippen LogP contribution < -0.4 is 48.3 Å². The number of carbonyl (C=O) groups is 11. The van der Waals surface area contributed by atoms with Crippen LogP contribution in [0.1, 0.15) is 84.3 Å². The van der Waals surface area contributed by atoms with Crippen LogP contribution in [-0.4, -0.2) is 217 Å². The van der Waals surface area contributed by atoms with Crippen LogP contribution in [0.25, 0.3) is 0 Å². The third-order valence-corrected chi connectivity index (χ3v) is 14.5. The van der Waals surface area contributed by atoms with Crippen LogP contribution in [0, 0.1) is 5.92 Å². The molecule has 0 aliphatic carbocycles. The van der Waals surface area contributed by atoms with Gasteiger partial charge >= 0.3 is 5.97 Å². The first-order valence-corrected chi connectivity index (χ1v) is 27.8. The van der Waals surface area contributed by atoms with Gasteiger partial charge in [-0.05, 0) is 81.5 Å². The number of hydrogen-bond acceptors (Lipinski definition) is 18. The fraction of sp³-hybridized carbons (Fsp3) is 0.582. The van der Waals surface area contributed by atoms with Crippen molar-refractivity contribution < 1.29 is 88.1 Å². The Morgan fingerprint density at radius 1 is 0.631 bits per heavy atom. The van der Waals surface area contributed by atoms with Crippen LogP contribution in [0.15, 0.2) is 54.6 Å². The van der Waals surface area contributed by atoms with E-state index in [1.807, 2.05) is 0 Å². The van der Waals surface area contributed by atoms with E-state index < -0.39 is 170 Å². The quantitative estimate of drug-likeness (QED) is 0.0398. The number of rotatable bonds is 27. The number of nitrogens with one attached hydrogen (secondary N) is 8. The highest BCUT2D eigenvalue weighted by Gasteiger charge is 2.47. The van der Waals surface area contributed by atoms with Gasteiger partial charge in [0.2, 0.25) is 59.1 Å². The minimum atomic E-state index is -2.03. The molecular weight excluding hydrogens is 1100 g/mol. The number of nitrogens with two attached hydrogens (primary N) is 1. The third kappa shape index (κ3) is 18.6. The number of phenolic OH excluding ortho intramolecular Hbond substituents is 1. The van der Waals surface area contributed by atoms with Crippen LogP contribution in [-0.2, 0) is 70.3 Å². The molecule has 3 aliphatic heterocycles. The Balaban J connectivity index is 1.39. The van der Waals surface area contributed by atoms with Crippen molar-refractivity contribution in [2.75, 3.05) is 26.3 Å². The first-order valence-electron chi connectivity index (χ1n) is 27.8. The van der Waals surface area contributed by atoms with Gasteiger partial charge in [0.25, 0.3) is 0 Å². The van der Waals surface area contributed by atoms with Crippen molar-refractivity contribution in [3.05, 3.63) is 65.7 Å². The van der Waals surface area contributed by atoms with E-state index in [9.17, 15) is 83.4 Å². The van der Waals surface area contributed by atoms with Crippen molar-refractivity contribution in [1.29, 1.82) is 0 Å². The van der Waals surface area contributed by atoms with Gasteiger partial charge in [0.15, 0.2) is 6.23 Å². The summed E-state index contributed by atoms with van der Waals surface area (Å²) in [4.78, 5) is 152. The maximum absolute atomic E-state index is 14.8. The zero-order valence-corrected chi connectivity index (χ0v) is 47.4. The summed E-state index contributed by atoms with van der Waals surface area (Å²) >= 11 is 0. The molecule has 462 valence electrons. The van der Waals surface area contributed by atoms with Gasteiger partial charge in [-0.3, -0.25) is 47.9 Å². The van der Waals surface area contributed by atoms with Crippen LogP contribution in [0.3, 0.4) is 0 Å². The molecule has 0 unspecified atom stereocenters. The van der Waals surface area contributed by atoms with E-state index in [-0.39, 0.29) is 63.3 Å². The molecule has 29 nitrogen and oxygen atoms in total. The molecule has 2 aromatic rings. The SMILES string of the molecule is CC(=O)N[C@@H]1[C@@H](O)[C@H](O)[C@@H](CO)O[C@H]1NC(=O)C[C@H](NC(=O)[C@H](CO)NC(=O)[C@@H]1CCCN1C(=O)[C@H](C)NC(=O)[C@@H](N)Cc1ccccc1)C(=O)N[C@@H](Cc1ccc(O)cc1)C(=O)N1CCC[C@H]1C(=O)N[C@@H](C)C(=O)N[C@@H](CC(C)C)C(=O)O. The summed E-state index contributed by atoms with van der Waals surface area (Å²) in [6.07, 6.45) is -7.09. The fourth-order valence-electron chi connectivity index (χ4n) is 10.1. The maximum atomic E-state index is 14.8. The molecule has 29 heteroatoms. The molecule has 0 spiro atoms. The molecule has 10 amide bonds. The topological polar surface area (TPSA) is 447 Å². The Bertz CT molecular complexity index is 2670. The van der Waals surface area contributed by atoms with E-state index in [4.69, 9.17) is 10.5 Å². The summed E-state index contributed by atoms with van der Waals surface area (Å²) < 4.78 is 5.62. The highest BCUT2D eigenvalue weighted by atomic mass is 16.5. The number of carboxylic acid groups (broad SMARTS) is 1. The van der Waals surface area contributed by atoms with Gasteiger partial charge in [-0.2, -0.15) is 0 Å². The maximum Gasteiger partial charge on any atom is 0.326 e. The number of aliphatic hydroxyl groups is 4. The molecule has 0 saturated carbocycles. The van der Waals surface area contributed by atoms with Gasteiger partial charge < -0.3 is 93.4 Å². The van der Waals surface area contributed by atoms with Crippen molar-refractivity contribution in [1.82, 2.24) is 52.3 Å². The summed E-state index contributed by atoms with van der Waals surface area (Å²) in [7, 11) is 0. The lowest BCUT2D eigenvalue weighted by Gasteiger charge is -2.42. The molecular formula is C55H79N11O18. The second-order valence-electron chi connectivity index (χ2n) is 21.7. The van der Waals surface area contributed by atoms with Gasteiger partial charge in [0, 0.05) is 26.4 Å². The summed E-state index contributed by atoms with van der Waals surface area (Å²) in [5, 5.41) is 81.1. The standard InChI is InChI=1S/C55H79N11O18/c1-27(2)21-37(55(82)83)62-46(74)28(3)57-50(78)39-13-10-20-66(39)54(81)36(23-32-15-17-33(70)18-16-32)61-48(76)35(24-42(71)64-52-43(59-30(5)69)45(73)44(72)41(26-68)84-52)60-49(77)38(25-67)63-51(79)40-14-9-19-65(40)53(80)29(4)58-47(75)34(56)22-31-11-7-6-8-12-31/h6-8,11-12,15-18,27-29,34-41,43-45,52,67-68,70,72-73H,9-10,13-14,19-26,56H2,1-5H3,(H,57,78)(H,58,75)(H,59,69)(H,60,77)(H,61,76)(H,62,74)(H,63,79)(H,64,71)(H,82,83)/t28-,29-,34-,35-,36-,37-,38-,39-,40-,41+,43+,44+,45+,52+/m0/s1. The summed E-state index contributed by atoms with van der Waals surface area (Å²) in [5.41, 5.74) is 7.27. The van der Waals surface area contributed by atoms with Gasteiger partial charge in [-0.1, -0.05) is 56.3 Å². The number of hydrogen-bond donors (Lipinski definition) is 15. The van der Waals surface area contributed by atoms with Crippen molar-refractivity contribution in [3.8, 4) is 5.75 Å². The van der Waals surface area contributed by atoms with Gasteiger partial charge in [0.1, 0.15) is 78.4 Å². The average Bonchev–Trinajstić information content (AvgIpc) is 4.35. The molecule has 2 aromatic carbocycles. The molecule has 3 saturated heterocycles. The number of benzene rings is 2. The monoisotopic (exact) mass is 1180 g/mol. The molecule has 5 rings (SSSR count). The van der Waals surface area contributed by atoms with Gasteiger partial charge in [-0.15, -0.1) is 0 Å². The second kappa shape index (κ2) is 31.2. The number of nitrogens with zero attached hydrogens (tertiary/aromatic N) is 2. The summed E-state index contributed by atoms with van der Waals surface area (Å²) in [6.45, 7) is 5.38. The number of aliphatic hydroxyl groups excluding tert-OH is 4. The molecule has 16 N–H and O–H groups in total. The first kappa shape index (κ1) is 67.0. The van der Waals surface area contributed by atoms with E-state index in [0.717, 1.165) is 17.4 Å². The molecule has 3 aliphatic rings. The highest BCUT2D eigenvalue weighted by molar-refractivity contribution is 5.99. The number of likely N-dealkylation sites (tertiary alicyclic amines) is 2. The number of aliphatic carboxylic acids is 1. The number of phenols is 1. The van der Waals surface area contributed by atoms with E-state index >= 15 is 0 Å². The van der Waals surface area contributed by atoms with E-state index in [2.05, 4.69) is 42.5 Å². The van der Waals surface area contributed by atoms with Crippen LogP contribution in [0.5, 0.6) is 5.75 Å². The zero-order chi connectivity index (χ0) is 62.1. The van der Waals surface area contributed by atoms with Crippen molar-refractivity contribution in [2.24, 2.45) is 11.7 Å². The highest BCUT2D eigenvalue weighted by Crippen LogP contribution is 2.24. The van der Waals surface area contributed by atoms with E-state index in [1.54, 1.807) is 44.2 Å². The van der Waals surface area contributed by atoms with Crippen molar-refractivity contribution >= 4 is 65.0 Å². The molecule has 3 heterocycles. The number of ether oxygens (including phenoxy) is 1. The minimum Gasteiger partial charge on any atom is -0.508 e. The second-order valence-corrected chi connectivity index (χ2v) is 21.7. The van der Waals surface area contributed by atoms with Gasteiger partial charge in [0.05, 0.1) is 25.7 Å². The normalized spacial score (nSPS) is 22.8. The predicted molar refractivity (Wildman–Crippen MR) is 295 cm³/mol. The minimum absolute atomic E-state index is 0.0396. The fourth-order valence-corrected chi connectivity index (χ4v) is 10.1. The predicted octanol–water partition coefficient (Wildman–Crippen LogP) is -4.99.